The van der Waals surface area contributed by atoms with Crippen LogP contribution in [0.5, 0.6) is 0 Å². The Morgan fingerprint density at radius 2 is 1.70 bits per heavy atom. The maximum Gasteiger partial charge on any atom is 0.416 e. The van der Waals surface area contributed by atoms with Gasteiger partial charge in [0.05, 0.1) is 17.5 Å². The molecule has 1 atom stereocenters. The normalized spacial score (nSPS) is 12.6. The van der Waals surface area contributed by atoms with Crippen molar-refractivity contribution in [3.8, 4) is 0 Å². The second kappa shape index (κ2) is 12.9. The van der Waals surface area contributed by atoms with E-state index in [4.69, 9.17) is 0 Å². The van der Waals surface area contributed by atoms with Gasteiger partial charge in [-0.15, -0.1) is 0 Å². The highest BCUT2D eigenvalue weighted by Crippen LogP contribution is 2.32. The number of rotatable bonds is 12. The fourth-order valence-electron chi connectivity index (χ4n) is 3.94. The molecule has 0 saturated heterocycles. The lowest BCUT2D eigenvalue weighted by atomic mass is 10.1. The number of amides is 2. The molecule has 0 bridgehead atoms. The Balaban J connectivity index is 2.24. The lowest BCUT2D eigenvalue weighted by Gasteiger charge is -2.31. The number of carbonyl (C=O) groups excluding carboxylic acids is 2. The Hall–Kier alpha value is -3.08. The van der Waals surface area contributed by atoms with Crippen molar-refractivity contribution in [1.82, 2.24) is 10.2 Å². The highest BCUT2D eigenvalue weighted by Gasteiger charge is 2.32. The Kier molecular flexibility index (Phi) is 10.5. The quantitative estimate of drug-likeness (QED) is 0.429. The van der Waals surface area contributed by atoms with E-state index < -0.39 is 27.8 Å². The van der Waals surface area contributed by atoms with Gasteiger partial charge in [0, 0.05) is 26.1 Å². The third-order valence-electron chi connectivity index (χ3n) is 5.82. The molecule has 0 spiro atoms. The Morgan fingerprint density at radius 1 is 1.05 bits per heavy atom. The Labute approximate surface area is 216 Å². The van der Waals surface area contributed by atoms with Crippen LogP contribution >= 0.6 is 0 Å². The Bertz CT molecular complexity index is 1170. The molecule has 1 N–H and O–H groups in total. The lowest BCUT2D eigenvalue weighted by molar-refractivity contribution is -0.141. The highest BCUT2D eigenvalue weighted by atomic mass is 32.2. The molecule has 7 nitrogen and oxygen atoms in total. The highest BCUT2D eigenvalue weighted by molar-refractivity contribution is 7.92. The van der Waals surface area contributed by atoms with Crippen molar-refractivity contribution in [2.75, 3.05) is 23.7 Å². The summed E-state index contributed by atoms with van der Waals surface area (Å²) in [6, 6.07) is 10.9. The molecule has 0 aromatic heterocycles. The molecule has 0 radical (unpaired) electrons. The summed E-state index contributed by atoms with van der Waals surface area (Å²) in [6.07, 6.45) is -3.38. The van der Waals surface area contributed by atoms with Crippen molar-refractivity contribution >= 4 is 27.5 Å². The first kappa shape index (κ1) is 30.1. The number of sulfonamides is 1. The van der Waals surface area contributed by atoms with Crippen molar-refractivity contribution in [3.63, 3.8) is 0 Å². The average molecular weight is 542 g/mol. The first-order valence-electron chi connectivity index (χ1n) is 12.1. The van der Waals surface area contributed by atoms with Crippen molar-refractivity contribution in [2.24, 2.45) is 0 Å². The molecule has 11 heteroatoms. The number of carbonyl (C=O) groups is 2. The van der Waals surface area contributed by atoms with E-state index in [1.54, 1.807) is 13.8 Å². The largest absolute Gasteiger partial charge is 0.416 e. The zero-order chi connectivity index (χ0) is 27.8. The number of nitrogens with one attached hydrogen (secondary N) is 1. The van der Waals surface area contributed by atoms with Crippen LogP contribution in [-0.2, 0) is 32.3 Å². The van der Waals surface area contributed by atoms with Crippen LogP contribution in [0.2, 0.25) is 0 Å². The minimum absolute atomic E-state index is 0.0539. The number of likely N-dealkylation sites (N-methyl/N-ethyl adjacent to an activating group) is 1. The summed E-state index contributed by atoms with van der Waals surface area (Å²) in [4.78, 5) is 27.5. The van der Waals surface area contributed by atoms with Crippen LogP contribution in [0.3, 0.4) is 0 Å². The van der Waals surface area contributed by atoms with Gasteiger partial charge in [0.15, 0.2) is 0 Å². The van der Waals surface area contributed by atoms with Crippen LogP contribution in [0.4, 0.5) is 18.9 Å². The molecule has 37 heavy (non-hydrogen) atoms. The fourth-order valence-corrected chi connectivity index (χ4v) is 4.90. The molecule has 0 unspecified atom stereocenters. The van der Waals surface area contributed by atoms with Gasteiger partial charge >= 0.3 is 6.18 Å². The average Bonchev–Trinajstić information content (AvgIpc) is 2.81. The number of alkyl halides is 3. The van der Waals surface area contributed by atoms with Crippen LogP contribution in [0.25, 0.3) is 0 Å². The number of hydrogen-bond donors (Lipinski definition) is 1. The van der Waals surface area contributed by atoms with Gasteiger partial charge in [-0.1, -0.05) is 42.8 Å². The predicted octanol–water partition coefficient (Wildman–Crippen LogP) is 4.50. The zero-order valence-corrected chi connectivity index (χ0v) is 22.3. The number of hydrogen-bond acceptors (Lipinski definition) is 4. The first-order valence-corrected chi connectivity index (χ1v) is 13.9. The topological polar surface area (TPSA) is 86.8 Å². The summed E-state index contributed by atoms with van der Waals surface area (Å²) in [6.45, 7) is 5.93. The van der Waals surface area contributed by atoms with Crippen molar-refractivity contribution in [1.29, 1.82) is 0 Å². The number of anilines is 1. The van der Waals surface area contributed by atoms with Gasteiger partial charge in [0.2, 0.25) is 21.8 Å². The molecule has 0 aliphatic carbocycles. The van der Waals surface area contributed by atoms with Crippen LogP contribution in [0, 0.1) is 6.92 Å². The van der Waals surface area contributed by atoms with Crippen LogP contribution in [0.1, 0.15) is 49.8 Å². The van der Waals surface area contributed by atoms with Crippen LogP contribution in [-0.4, -0.2) is 50.5 Å². The van der Waals surface area contributed by atoms with Crippen molar-refractivity contribution in [2.45, 2.75) is 58.8 Å². The second-order valence-corrected chi connectivity index (χ2v) is 10.7. The summed E-state index contributed by atoms with van der Waals surface area (Å²) in [5, 5.41) is 2.75. The molecule has 0 fully saturated rings. The Morgan fingerprint density at radius 3 is 2.24 bits per heavy atom. The third-order valence-corrected chi connectivity index (χ3v) is 7.02. The van der Waals surface area contributed by atoms with Gasteiger partial charge in [-0.2, -0.15) is 13.2 Å². The van der Waals surface area contributed by atoms with E-state index in [-0.39, 0.29) is 43.4 Å². The predicted molar refractivity (Wildman–Crippen MR) is 137 cm³/mol. The van der Waals surface area contributed by atoms with E-state index in [0.717, 1.165) is 39.9 Å². The van der Waals surface area contributed by atoms with Crippen LogP contribution in [0.15, 0.2) is 48.5 Å². The molecule has 2 aromatic rings. The molecule has 2 rings (SSSR count). The summed E-state index contributed by atoms with van der Waals surface area (Å²) in [7, 11) is -3.92. The van der Waals surface area contributed by atoms with E-state index in [9.17, 15) is 31.2 Å². The molecule has 204 valence electrons. The minimum atomic E-state index is -4.63. The summed E-state index contributed by atoms with van der Waals surface area (Å²) < 4.78 is 65.1. The van der Waals surface area contributed by atoms with E-state index in [1.807, 2.05) is 31.2 Å². The molecular weight excluding hydrogens is 507 g/mol. The van der Waals surface area contributed by atoms with Gasteiger partial charge in [0.1, 0.15) is 6.04 Å². The van der Waals surface area contributed by atoms with E-state index in [1.165, 1.54) is 11.0 Å². The number of aryl methyl sites for hydroxylation is 1. The summed E-state index contributed by atoms with van der Waals surface area (Å²) >= 11 is 0. The molecule has 0 saturated carbocycles. The maximum absolute atomic E-state index is 13.3. The van der Waals surface area contributed by atoms with Crippen molar-refractivity contribution in [3.05, 3.63) is 65.2 Å². The molecule has 0 heterocycles. The third kappa shape index (κ3) is 8.77. The summed E-state index contributed by atoms with van der Waals surface area (Å²) in [5.41, 5.74) is 0.790. The number of halogens is 3. The first-order chi connectivity index (χ1) is 17.3. The van der Waals surface area contributed by atoms with E-state index in [2.05, 4.69) is 5.32 Å². The molecule has 2 amide bonds. The number of nitrogens with zero attached hydrogens (tertiary/aromatic N) is 2. The van der Waals surface area contributed by atoms with Gasteiger partial charge in [-0.25, -0.2) is 8.42 Å². The standard InChI is InChI=1S/C26H34F3N3O4S/c1-5-23(25(34)30-6-2)31(18-20-14-12-19(3)13-15-20)24(33)11-8-16-32(37(4,35)36)22-10-7-9-21(17-22)26(27,28)29/h7,9-10,12-15,17,23H,5-6,8,11,16,18H2,1-4H3,(H,30,34)/t23-/m0/s1. The molecule has 0 aliphatic rings. The summed E-state index contributed by atoms with van der Waals surface area (Å²) in [5.74, 6) is -0.636. The number of benzene rings is 2. The van der Waals surface area contributed by atoms with E-state index in [0.29, 0.717) is 13.0 Å². The van der Waals surface area contributed by atoms with Gasteiger partial charge in [-0.3, -0.25) is 13.9 Å². The maximum atomic E-state index is 13.3. The van der Waals surface area contributed by atoms with Gasteiger partial charge in [-0.05, 0) is 50.5 Å². The smallest absolute Gasteiger partial charge is 0.355 e. The minimum Gasteiger partial charge on any atom is -0.355 e. The molecule has 0 aliphatic heterocycles. The van der Waals surface area contributed by atoms with E-state index >= 15 is 0 Å². The molecular formula is C26H34F3N3O4S. The lowest BCUT2D eigenvalue weighted by Crippen LogP contribution is -2.49. The van der Waals surface area contributed by atoms with Gasteiger partial charge < -0.3 is 10.2 Å². The monoisotopic (exact) mass is 541 g/mol. The second-order valence-electron chi connectivity index (χ2n) is 8.81. The van der Waals surface area contributed by atoms with Gasteiger partial charge in [0.25, 0.3) is 0 Å². The van der Waals surface area contributed by atoms with Crippen LogP contribution < -0.4 is 9.62 Å². The molecule has 2 aromatic carbocycles. The zero-order valence-electron chi connectivity index (χ0n) is 21.5. The SMILES string of the molecule is CCNC(=O)[C@H](CC)N(Cc1ccc(C)cc1)C(=O)CCCN(c1cccc(C(F)(F)F)c1)S(C)(=O)=O. The fraction of sp³-hybridized carbons (Fsp3) is 0.462. The van der Waals surface area contributed by atoms with Crippen molar-refractivity contribution < 1.29 is 31.2 Å².